The van der Waals surface area contributed by atoms with Crippen molar-refractivity contribution in [2.45, 2.75) is 31.8 Å². The third-order valence-electron chi connectivity index (χ3n) is 4.44. The molecule has 3 N–H and O–H groups in total. The minimum atomic E-state index is -0.643. The summed E-state index contributed by atoms with van der Waals surface area (Å²) in [5.41, 5.74) is 8.28. The lowest BCUT2D eigenvalue weighted by Gasteiger charge is -2.26. The van der Waals surface area contributed by atoms with Gasteiger partial charge in [-0.25, -0.2) is 4.79 Å². The van der Waals surface area contributed by atoms with Crippen molar-refractivity contribution in [3.05, 3.63) is 64.1 Å². The van der Waals surface area contributed by atoms with Crippen molar-refractivity contribution in [1.29, 1.82) is 0 Å². The van der Waals surface area contributed by atoms with Gasteiger partial charge in [0, 0.05) is 16.2 Å². The Morgan fingerprint density at radius 3 is 2.60 bits per heavy atom. The fraction of sp³-hybridized carbons (Fsp3) is 0.263. The largest absolute Gasteiger partial charge is 0.352 e. The number of fused-ring (bicyclic) bond motifs is 1. The number of urea groups is 1. The van der Waals surface area contributed by atoms with E-state index in [0.717, 1.165) is 22.1 Å². The molecule has 130 valence electrons. The summed E-state index contributed by atoms with van der Waals surface area (Å²) >= 11 is 3.39. The second kappa shape index (κ2) is 7.27. The maximum absolute atomic E-state index is 13.0. The number of halogens is 1. The van der Waals surface area contributed by atoms with Gasteiger partial charge in [0.1, 0.15) is 0 Å². The van der Waals surface area contributed by atoms with Crippen molar-refractivity contribution in [2.24, 2.45) is 5.73 Å². The van der Waals surface area contributed by atoms with Crippen LogP contribution < -0.4 is 16.0 Å². The number of carbonyl (C=O) groups is 2. The highest BCUT2D eigenvalue weighted by Crippen LogP contribution is 2.33. The normalized spacial score (nSPS) is 17.0. The molecule has 0 aliphatic carbocycles. The van der Waals surface area contributed by atoms with Gasteiger partial charge >= 0.3 is 6.03 Å². The lowest BCUT2D eigenvalue weighted by Crippen LogP contribution is -2.40. The minimum Gasteiger partial charge on any atom is -0.352 e. The quantitative estimate of drug-likeness (QED) is 0.821. The number of nitrogens with two attached hydrogens (primary N) is 1. The van der Waals surface area contributed by atoms with E-state index in [2.05, 4.69) is 21.2 Å². The second-order valence-corrected chi connectivity index (χ2v) is 7.18. The van der Waals surface area contributed by atoms with Crippen LogP contribution in [0.25, 0.3) is 0 Å². The van der Waals surface area contributed by atoms with Crippen molar-refractivity contribution in [3.8, 4) is 0 Å². The molecule has 5 nitrogen and oxygen atoms in total. The number of amides is 3. The van der Waals surface area contributed by atoms with Crippen LogP contribution in [0.2, 0.25) is 0 Å². The zero-order valence-corrected chi connectivity index (χ0v) is 15.5. The molecular formula is C19H20BrN3O2. The van der Waals surface area contributed by atoms with E-state index in [4.69, 9.17) is 5.73 Å². The number of hydrogen-bond donors (Lipinski definition) is 2. The number of para-hydroxylation sites is 1. The summed E-state index contributed by atoms with van der Waals surface area (Å²) in [5.74, 6) is -0.0286. The van der Waals surface area contributed by atoms with Gasteiger partial charge in [0.15, 0.2) is 0 Å². The molecule has 6 heteroatoms. The first-order chi connectivity index (χ1) is 12.0. The Balaban J connectivity index is 1.83. The van der Waals surface area contributed by atoms with Crippen LogP contribution in [0.5, 0.6) is 0 Å². The molecule has 0 radical (unpaired) electrons. The topological polar surface area (TPSA) is 75.4 Å². The number of benzene rings is 2. The molecule has 3 amide bonds. The SMILES string of the molecule is C[C@H]1Cc2ccccc2N1C(=O)C[C@H](NC(N)=O)c1ccc(Br)cc1. The molecule has 0 saturated carbocycles. The number of carbonyl (C=O) groups excluding carboxylic acids is 2. The zero-order chi connectivity index (χ0) is 18.0. The summed E-state index contributed by atoms with van der Waals surface area (Å²) in [5, 5.41) is 2.68. The molecule has 1 heterocycles. The highest BCUT2D eigenvalue weighted by atomic mass is 79.9. The fourth-order valence-electron chi connectivity index (χ4n) is 3.34. The van der Waals surface area contributed by atoms with Gasteiger partial charge in [-0.1, -0.05) is 46.3 Å². The maximum Gasteiger partial charge on any atom is 0.312 e. The molecular weight excluding hydrogens is 382 g/mol. The van der Waals surface area contributed by atoms with Crippen LogP contribution in [0, 0.1) is 0 Å². The first-order valence-electron chi connectivity index (χ1n) is 8.17. The highest BCUT2D eigenvalue weighted by molar-refractivity contribution is 9.10. The van der Waals surface area contributed by atoms with E-state index in [1.165, 1.54) is 5.56 Å². The predicted octanol–water partition coefficient (Wildman–Crippen LogP) is 3.53. The van der Waals surface area contributed by atoms with Crippen LogP contribution in [0.1, 0.15) is 30.5 Å². The summed E-state index contributed by atoms with van der Waals surface area (Å²) in [6.45, 7) is 2.04. The van der Waals surface area contributed by atoms with E-state index in [9.17, 15) is 9.59 Å². The molecule has 0 unspecified atom stereocenters. The van der Waals surface area contributed by atoms with E-state index in [-0.39, 0.29) is 18.4 Å². The molecule has 2 aromatic rings. The van der Waals surface area contributed by atoms with Crippen LogP contribution in [-0.2, 0) is 11.2 Å². The molecule has 2 atom stereocenters. The highest BCUT2D eigenvalue weighted by Gasteiger charge is 2.32. The number of rotatable bonds is 4. The van der Waals surface area contributed by atoms with Crippen molar-refractivity contribution >= 4 is 33.6 Å². The van der Waals surface area contributed by atoms with Gasteiger partial charge in [-0.05, 0) is 42.7 Å². The summed E-state index contributed by atoms with van der Waals surface area (Å²) in [6, 6.07) is 14.4. The van der Waals surface area contributed by atoms with Gasteiger partial charge in [-0.2, -0.15) is 0 Å². The number of primary amides is 1. The molecule has 0 aromatic heterocycles. The van der Waals surface area contributed by atoms with E-state index in [1.54, 1.807) is 0 Å². The van der Waals surface area contributed by atoms with Crippen LogP contribution >= 0.6 is 15.9 Å². The van der Waals surface area contributed by atoms with Gasteiger partial charge in [0.2, 0.25) is 5.91 Å². The number of nitrogens with one attached hydrogen (secondary N) is 1. The van der Waals surface area contributed by atoms with Crippen molar-refractivity contribution in [3.63, 3.8) is 0 Å². The molecule has 3 rings (SSSR count). The van der Waals surface area contributed by atoms with E-state index >= 15 is 0 Å². The number of hydrogen-bond acceptors (Lipinski definition) is 2. The van der Waals surface area contributed by atoms with Crippen LogP contribution in [0.15, 0.2) is 53.0 Å². The average Bonchev–Trinajstić information content (AvgIpc) is 2.90. The molecule has 25 heavy (non-hydrogen) atoms. The third-order valence-corrected chi connectivity index (χ3v) is 4.97. The number of anilines is 1. The van der Waals surface area contributed by atoms with E-state index in [0.29, 0.717) is 0 Å². The van der Waals surface area contributed by atoms with E-state index in [1.807, 2.05) is 60.4 Å². The molecule has 1 aliphatic rings. The zero-order valence-electron chi connectivity index (χ0n) is 13.9. The Kier molecular flexibility index (Phi) is 5.08. The molecule has 0 saturated heterocycles. The molecule has 0 bridgehead atoms. The first kappa shape index (κ1) is 17.5. The standard InChI is InChI=1S/C19H20BrN3O2/c1-12-10-14-4-2-3-5-17(14)23(12)18(24)11-16(22-19(21)25)13-6-8-15(20)9-7-13/h2-9,12,16H,10-11H2,1H3,(H3,21,22,25)/t12-,16-/m0/s1. The number of nitrogens with zero attached hydrogens (tertiary/aromatic N) is 1. The van der Waals surface area contributed by atoms with Gasteiger partial charge in [-0.3, -0.25) is 4.79 Å². The van der Waals surface area contributed by atoms with Crippen molar-refractivity contribution in [2.75, 3.05) is 4.90 Å². The van der Waals surface area contributed by atoms with Gasteiger partial charge in [0.25, 0.3) is 0 Å². The Labute approximate surface area is 155 Å². The second-order valence-electron chi connectivity index (χ2n) is 6.26. The summed E-state index contributed by atoms with van der Waals surface area (Å²) in [4.78, 5) is 26.2. The Morgan fingerprint density at radius 1 is 1.24 bits per heavy atom. The van der Waals surface area contributed by atoms with Gasteiger partial charge < -0.3 is 16.0 Å². The summed E-state index contributed by atoms with van der Waals surface area (Å²) < 4.78 is 0.933. The first-order valence-corrected chi connectivity index (χ1v) is 8.96. The monoisotopic (exact) mass is 401 g/mol. The lowest BCUT2D eigenvalue weighted by molar-refractivity contribution is -0.119. The van der Waals surface area contributed by atoms with Crippen molar-refractivity contribution < 1.29 is 9.59 Å². The molecule has 0 fully saturated rings. The third kappa shape index (κ3) is 3.85. The Bertz CT molecular complexity index is 792. The average molecular weight is 402 g/mol. The van der Waals surface area contributed by atoms with Gasteiger partial charge in [-0.15, -0.1) is 0 Å². The fourth-order valence-corrected chi connectivity index (χ4v) is 3.60. The summed E-state index contributed by atoms with van der Waals surface area (Å²) in [6.07, 6.45) is 0.997. The maximum atomic E-state index is 13.0. The van der Waals surface area contributed by atoms with E-state index < -0.39 is 12.1 Å². The summed E-state index contributed by atoms with van der Waals surface area (Å²) in [7, 11) is 0. The lowest BCUT2D eigenvalue weighted by atomic mass is 10.0. The smallest absolute Gasteiger partial charge is 0.312 e. The van der Waals surface area contributed by atoms with Crippen LogP contribution in [0.4, 0.5) is 10.5 Å². The van der Waals surface area contributed by atoms with Crippen LogP contribution in [-0.4, -0.2) is 18.0 Å². The van der Waals surface area contributed by atoms with Gasteiger partial charge in [0.05, 0.1) is 12.5 Å². The molecule has 1 aliphatic heterocycles. The Morgan fingerprint density at radius 2 is 1.92 bits per heavy atom. The predicted molar refractivity (Wildman–Crippen MR) is 101 cm³/mol. The molecule has 0 spiro atoms. The van der Waals surface area contributed by atoms with Crippen LogP contribution in [0.3, 0.4) is 0 Å². The Hall–Kier alpha value is -2.34. The van der Waals surface area contributed by atoms with Crippen molar-refractivity contribution in [1.82, 2.24) is 5.32 Å². The molecule has 2 aromatic carbocycles. The minimum absolute atomic E-state index is 0.0286.